The highest BCUT2D eigenvalue weighted by Gasteiger charge is 2.14. The first-order valence-corrected chi connectivity index (χ1v) is 8.44. The Bertz CT molecular complexity index is 804. The van der Waals surface area contributed by atoms with Crippen molar-refractivity contribution in [3.05, 3.63) is 33.5 Å². The van der Waals surface area contributed by atoms with Crippen molar-refractivity contribution in [1.29, 1.82) is 0 Å². The Kier molecular flexibility index (Phi) is 6.33. The first-order chi connectivity index (χ1) is 11.8. The number of aryl methyl sites for hydroxylation is 1. The van der Waals surface area contributed by atoms with Crippen molar-refractivity contribution in [2.45, 2.75) is 32.1 Å². The number of hydrogen-bond acceptors (Lipinski definition) is 8. The van der Waals surface area contributed by atoms with Crippen LogP contribution in [-0.2, 0) is 4.79 Å². The lowest BCUT2D eigenvalue weighted by molar-refractivity contribution is -0.298. The Morgan fingerprint density at radius 3 is 2.64 bits per heavy atom. The summed E-state index contributed by atoms with van der Waals surface area (Å²) in [5.41, 5.74) is 0.501. The van der Waals surface area contributed by atoms with Crippen molar-refractivity contribution >= 4 is 35.4 Å². The zero-order valence-corrected chi connectivity index (χ0v) is 15.6. The van der Waals surface area contributed by atoms with Gasteiger partial charge in [0.1, 0.15) is 0 Å². The Hall–Kier alpha value is -2.19. The summed E-state index contributed by atoms with van der Waals surface area (Å²) in [4.78, 5) is 11.3. The maximum atomic E-state index is 11.4. The average Bonchev–Trinajstić information content (AvgIpc) is 2.93. The molecule has 7 nitrogen and oxygen atoms in total. The van der Waals surface area contributed by atoms with Crippen LogP contribution in [-0.4, -0.2) is 29.4 Å². The first kappa shape index (κ1) is 19.1. The van der Waals surface area contributed by atoms with Crippen LogP contribution in [0.15, 0.2) is 26.7 Å². The molecule has 0 saturated carbocycles. The van der Waals surface area contributed by atoms with E-state index in [1.807, 2.05) is 13.8 Å². The van der Waals surface area contributed by atoms with Gasteiger partial charge in [0.05, 0.1) is 24.2 Å². The fourth-order valence-electron chi connectivity index (χ4n) is 1.87. The molecule has 134 valence electrons. The van der Waals surface area contributed by atoms with Gasteiger partial charge >= 0.3 is 0 Å². The number of halogens is 1. The number of aliphatic carboxylic acids is 1. The van der Waals surface area contributed by atoms with Crippen molar-refractivity contribution in [1.82, 2.24) is 10.2 Å². The molecule has 0 radical (unpaired) electrons. The number of benzene rings is 1. The molecule has 0 spiro atoms. The summed E-state index contributed by atoms with van der Waals surface area (Å²) in [7, 11) is 1.47. The highest BCUT2D eigenvalue weighted by molar-refractivity contribution is 8.03. The molecule has 9 heteroatoms. The number of nitrogens with zero attached hydrogens (tertiary/aromatic N) is 2. The molecule has 1 heterocycles. The second-order valence-electron chi connectivity index (χ2n) is 5.19. The number of methoxy groups -OCH3 is 1. The van der Waals surface area contributed by atoms with E-state index < -0.39 is 5.97 Å². The molecule has 0 amide bonds. The van der Waals surface area contributed by atoms with E-state index in [4.69, 9.17) is 25.5 Å². The largest absolute Gasteiger partial charge is 0.544 e. The van der Waals surface area contributed by atoms with Gasteiger partial charge in [0.15, 0.2) is 11.5 Å². The smallest absolute Gasteiger partial charge is 0.281 e. The molecule has 0 bridgehead atoms. The summed E-state index contributed by atoms with van der Waals surface area (Å²) in [5.74, 6) is -0.256. The lowest BCUT2D eigenvalue weighted by Crippen LogP contribution is -2.23. The van der Waals surface area contributed by atoms with E-state index in [-0.39, 0.29) is 16.2 Å². The van der Waals surface area contributed by atoms with Crippen LogP contribution in [0.4, 0.5) is 0 Å². The minimum atomic E-state index is -1.38. The molecule has 0 N–H and O–H groups in total. The second-order valence-corrected chi connectivity index (χ2v) is 6.59. The van der Waals surface area contributed by atoms with Gasteiger partial charge < -0.3 is 23.8 Å². The summed E-state index contributed by atoms with van der Waals surface area (Å²) in [6, 6.07) is 3.19. The summed E-state index contributed by atoms with van der Waals surface area (Å²) >= 11 is 7.03. The second kappa shape index (κ2) is 8.26. The number of carbonyl (C=O) groups is 1. The van der Waals surface area contributed by atoms with Gasteiger partial charge in [-0.05, 0) is 49.4 Å². The van der Waals surface area contributed by atoms with Gasteiger partial charge in [-0.1, -0.05) is 11.6 Å². The van der Waals surface area contributed by atoms with E-state index in [0.717, 1.165) is 11.8 Å². The number of ether oxygens (including phenoxy) is 2. The van der Waals surface area contributed by atoms with Gasteiger partial charge in [-0.15, -0.1) is 10.2 Å². The third-order valence-electron chi connectivity index (χ3n) is 2.81. The van der Waals surface area contributed by atoms with Gasteiger partial charge in [0.2, 0.25) is 5.89 Å². The predicted octanol–water partition coefficient (Wildman–Crippen LogP) is 2.71. The van der Waals surface area contributed by atoms with Crippen molar-refractivity contribution in [3.63, 3.8) is 0 Å². The fourth-order valence-corrected chi connectivity index (χ4v) is 2.84. The Morgan fingerprint density at radius 2 is 2.12 bits per heavy atom. The highest BCUT2D eigenvalue weighted by Crippen LogP contribution is 2.38. The summed E-state index contributed by atoms with van der Waals surface area (Å²) < 4.78 is 16.1. The molecular formula is C16H16ClN2O5S-. The van der Waals surface area contributed by atoms with E-state index in [1.165, 1.54) is 13.2 Å². The fraction of sp³-hybridized carbons (Fsp3) is 0.312. The van der Waals surface area contributed by atoms with Crippen LogP contribution in [0.3, 0.4) is 0 Å². The molecule has 0 aliphatic carbocycles. The number of aromatic nitrogens is 2. The maximum Gasteiger partial charge on any atom is 0.281 e. The van der Waals surface area contributed by atoms with Crippen LogP contribution in [0.1, 0.15) is 25.3 Å². The molecule has 0 saturated heterocycles. The van der Waals surface area contributed by atoms with Crippen molar-refractivity contribution in [2.75, 3.05) is 7.11 Å². The quantitative estimate of drug-likeness (QED) is 0.531. The van der Waals surface area contributed by atoms with Crippen LogP contribution in [0.25, 0.3) is 6.08 Å². The van der Waals surface area contributed by atoms with Crippen molar-refractivity contribution in [2.24, 2.45) is 0 Å². The Labute approximate surface area is 154 Å². The van der Waals surface area contributed by atoms with Crippen LogP contribution < -0.4 is 14.6 Å². The first-order valence-electron chi connectivity index (χ1n) is 7.25. The zero-order chi connectivity index (χ0) is 18.6. The number of hydrogen-bond donors (Lipinski definition) is 0. The van der Waals surface area contributed by atoms with Crippen LogP contribution in [0.5, 0.6) is 11.5 Å². The van der Waals surface area contributed by atoms with Crippen LogP contribution >= 0.6 is 23.4 Å². The molecule has 0 aliphatic rings. The van der Waals surface area contributed by atoms with Gasteiger partial charge in [0.25, 0.3) is 5.22 Å². The number of rotatable bonds is 7. The standard InChI is InChI=1S/C16H17ClN2O5S/c1-8(2)23-14-11(17)5-10(6-12(14)22-4)7-13(15(20)21)25-16-19-18-9(3)24-16/h5-8H,1-4H3,(H,20,21)/p-1/b13-7+. The van der Waals surface area contributed by atoms with Crippen LogP contribution in [0, 0.1) is 6.92 Å². The predicted molar refractivity (Wildman–Crippen MR) is 91.6 cm³/mol. The topological polar surface area (TPSA) is 97.5 Å². The van der Waals surface area contributed by atoms with E-state index >= 15 is 0 Å². The minimum Gasteiger partial charge on any atom is -0.544 e. The zero-order valence-electron chi connectivity index (χ0n) is 14.0. The average molecular weight is 384 g/mol. The van der Waals surface area contributed by atoms with Crippen LogP contribution in [0.2, 0.25) is 5.02 Å². The minimum absolute atomic E-state index is 0.0945. The lowest BCUT2D eigenvalue weighted by Gasteiger charge is -2.16. The SMILES string of the molecule is COc1cc(/C=C(/Sc2nnc(C)o2)C(=O)[O-])cc(Cl)c1OC(C)C. The number of thioether (sulfide) groups is 1. The normalized spacial score (nSPS) is 11.7. The Morgan fingerprint density at radius 1 is 1.40 bits per heavy atom. The molecule has 1 aromatic carbocycles. The monoisotopic (exact) mass is 383 g/mol. The van der Waals surface area contributed by atoms with Gasteiger partial charge in [0, 0.05) is 11.8 Å². The van der Waals surface area contributed by atoms with E-state index in [2.05, 4.69) is 10.2 Å². The van der Waals surface area contributed by atoms with E-state index in [9.17, 15) is 9.90 Å². The summed E-state index contributed by atoms with van der Waals surface area (Å²) in [5, 5.41) is 19.2. The molecule has 0 aliphatic heterocycles. The molecule has 1 aromatic heterocycles. The molecule has 2 rings (SSSR count). The number of carbonyl (C=O) groups excluding carboxylic acids is 1. The highest BCUT2D eigenvalue weighted by atomic mass is 35.5. The molecule has 0 unspecified atom stereocenters. The molecule has 0 atom stereocenters. The molecule has 0 fully saturated rings. The third-order valence-corrected chi connectivity index (χ3v) is 3.93. The Balaban J connectivity index is 2.38. The van der Waals surface area contributed by atoms with E-state index in [1.54, 1.807) is 19.1 Å². The number of carboxylic acid groups (broad SMARTS) is 1. The lowest BCUT2D eigenvalue weighted by atomic mass is 10.2. The summed E-state index contributed by atoms with van der Waals surface area (Å²) in [6.45, 7) is 5.33. The van der Waals surface area contributed by atoms with Gasteiger partial charge in [-0.3, -0.25) is 0 Å². The van der Waals surface area contributed by atoms with Gasteiger partial charge in [-0.2, -0.15) is 0 Å². The number of carboxylic acids is 1. The maximum absolute atomic E-state index is 11.4. The van der Waals surface area contributed by atoms with Gasteiger partial charge in [-0.25, -0.2) is 0 Å². The van der Waals surface area contributed by atoms with Crippen molar-refractivity contribution in [3.8, 4) is 11.5 Å². The molecule has 2 aromatic rings. The summed E-state index contributed by atoms with van der Waals surface area (Å²) in [6.07, 6.45) is 1.29. The molecular weight excluding hydrogens is 368 g/mol. The molecule has 25 heavy (non-hydrogen) atoms. The van der Waals surface area contributed by atoms with Crippen molar-refractivity contribution < 1.29 is 23.8 Å². The van der Waals surface area contributed by atoms with E-state index in [0.29, 0.717) is 28.0 Å². The third kappa shape index (κ3) is 5.14.